The monoisotopic (exact) mass is 368 g/mol. The van der Waals surface area contributed by atoms with E-state index in [1.165, 1.54) is 18.4 Å². The van der Waals surface area contributed by atoms with Crippen LogP contribution in [0.5, 0.6) is 0 Å². The number of benzene rings is 2. The Morgan fingerprint density at radius 1 is 1.21 bits per heavy atom. The Hall–Kier alpha value is -2.12. The predicted molar refractivity (Wildman–Crippen MR) is 95.2 cm³/mol. The van der Waals surface area contributed by atoms with Crippen LogP contribution in [0.2, 0.25) is 5.02 Å². The maximum absolute atomic E-state index is 11.4. The Kier molecular flexibility index (Phi) is 5.46. The first-order valence-corrected chi connectivity index (χ1v) is 9.53. The number of anilines is 1. The molecule has 24 heavy (non-hydrogen) atoms. The van der Waals surface area contributed by atoms with E-state index in [-0.39, 0.29) is 16.5 Å². The van der Waals surface area contributed by atoms with E-state index in [4.69, 9.17) is 11.6 Å². The molecule has 0 aliphatic carbocycles. The topological polar surface area (TPSA) is 89.3 Å². The Labute approximate surface area is 145 Å². The molecule has 0 radical (unpaired) electrons. The van der Waals surface area contributed by atoms with Crippen LogP contribution in [0.4, 0.5) is 11.4 Å². The van der Waals surface area contributed by atoms with E-state index in [1.54, 1.807) is 19.1 Å². The molecule has 0 saturated heterocycles. The van der Waals surface area contributed by atoms with E-state index in [0.29, 0.717) is 23.4 Å². The molecule has 0 amide bonds. The van der Waals surface area contributed by atoms with Crippen molar-refractivity contribution < 1.29 is 13.3 Å². The summed E-state index contributed by atoms with van der Waals surface area (Å²) >= 11 is 6.12. The van der Waals surface area contributed by atoms with Gasteiger partial charge in [-0.15, -0.1) is 0 Å². The highest BCUT2D eigenvalue weighted by Gasteiger charge is 2.13. The van der Waals surface area contributed by atoms with Crippen molar-refractivity contribution in [2.24, 2.45) is 0 Å². The minimum atomic E-state index is -3.09. The van der Waals surface area contributed by atoms with Gasteiger partial charge in [0, 0.05) is 24.9 Å². The molecule has 2 rings (SSSR count). The summed E-state index contributed by atoms with van der Waals surface area (Å²) in [5, 5.41) is 14.2. The van der Waals surface area contributed by atoms with Gasteiger partial charge in [0.15, 0.2) is 9.84 Å². The first-order valence-electron chi connectivity index (χ1n) is 7.09. The number of hydrogen-bond acceptors (Lipinski definition) is 5. The normalized spacial score (nSPS) is 11.3. The van der Waals surface area contributed by atoms with Crippen LogP contribution in [0.1, 0.15) is 16.7 Å². The third-order valence-corrected chi connectivity index (χ3v) is 4.53. The molecule has 0 fully saturated rings. The fraction of sp³-hybridized carbons (Fsp3) is 0.250. The highest BCUT2D eigenvalue weighted by molar-refractivity contribution is 7.89. The molecular formula is C16H17ClN2O4S. The summed E-state index contributed by atoms with van der Waals surface area (Å²) < 4.78 is 22.8. The molecule has 0 spiro atoms. The average molecular weight is 369 g/mol. The molecule has 0 aromatic heterocycles. The van der Waals surface area contributed by atoms with Crippen LogP contribution >= 0.6 is 11.6 Å². The van der Waals surface area contributed by atoms with Gasteiger partial charge in [0.1, 0.15) is 0 Å². The lowest BCUT2D eigenvalue weighted by Crippen LogP contribution is -2.05. The Balaban J connectivity index is 2.17. The number of nitro benzene ring substituents is 1. The number of nitrogens with one attached hydrogen (secondary N) is 1. The van der Waals surface area contributed by atoms with Crippen molar-refractivity contribution in [3.8, 4) is 0 Å². The van der Waals surface area contributed by atoms with Crippen molar-refractivity contribution in [3.05, 3.63) is 68.2 Å². The van der Waals surface area contributed by atoms with Crippen LogP contribution in [0.25, 0.3) is 0 Å². The van der Waals surface area contributed by atoms with Gasteiger partial charge in [0.05, 0.1) is 21.4 Å². The zero-order chi connectivity index (χ0) is 17.9. The fourth-order valence-electron chi connectivity index (χ4n) is 2.38. The molecule has 0 heterocycles. The zero-order valence-electron chi connectivity index (χ0n) is 13.2. The number of nitro groups is 1. The van der Waals surface area contributed by atoms with E-state index >= 15 is 0 Å². The molecule has 1 N–H and O–H groups in total. The number of hydrogen-bond donors (Lipinski definition) is 1. The van der Waals surface area contributed by atoms with Gasteiger partial charge in [0.2, 0.25) is 0 Å². The highest BCUT2D eigenvalue weighted by atomic mass is 35.5. The van der Waals surface area contributed by atoms with Gasteiger partial charge in [-0.25, -0.2) is 8.42 Å². The number of halogens is 1. The molecule has 0 aliphatic rings. The maximum atomic E-state index is 11.4. The third kappa shape index (κ3) is 4.94. The van der Waals surface area contributed by atoms with Gasteiger partial charge in [0.25, 0.3) is 5.69 Å². The van der Waals surface area contributed by atoms with Crippen molar-refractivity contribution in [1.29, 1.82) is 0 Å². The average Bonchev–Trinajstić information content (AvgIpc) is 2.44. The molecule has 2 aromatic rings. The van der Waals surface area contributed by atoms with Gasteiger partial charge >= 0.3 is 0 Å². The molecule has 0 saturated carbocycles. The number of rotatable bonds is 6. The number of non-ortho nitro benzene ring substituents is 1. The maximum Gasteiger partial charge on any atom is 0.271 e. The molecule has 6 nitrogen and oxygen atoms in total. The molecule has 128 valence electrons. The minimum Gasteiger partial charge on any atom is -0.380 e. The van der Waals surface area contributed by atoms with Gasteiger partial charge in [-0.2, -0.15) is 0 Å². The van der Waals surface area contributed by atoms with Gasteiger partial charge < -0.3 is 5.32 Å². The summed E-state index contributed by atoms with van der Waals surface area (Å²) in [7, 11) is -3.09. The quantitative estimate of drug-likeness (QED) is 0.620. The molecular weight excluding hydrogens is 352 g/mol. The Bertz CT molecular complexity index is 858. The largest absolute Gasteiger partial charge is 0.380 e. The summed E-state index contributed by atoms with van der Waals surface area (Å²) in [6.07, 6.45) is 1.19. The summed E-state index contributed by atoms with van der Waals surface area (Å²) in [6.45, 7) is 2.16. The standard InChI is InChI=1S/C16H17ClN2O4S/c1-11-6-14(19(20)21)8-15(17)16(11)18-9-12-4-3-5-13(7-12)10-24(2,22)23/h3-8,18H,9-10H2,1-2H3. The Morgan fingerprint density at radius 3 is 2.46 bits per heavy atom. The lowest BCUT2D eigenvalue weighted by Gasteiger charge is -2.12. The van der Waals surface area contributed by atoms with Crippen LogP contribution in [0.3, 0.4) is 0 Å². The van der Waals surface area contributed by atoms with Gasteiger partial charge in [-0.3, -0.25) is 10.1 Å². The first-order chi connectivity index (χ1) is 11.2. The second kappa shape index (κ2) is 7.19. The van der Waals surface area contributed by atoms with Crippen molar-refractivity contribution >= 4 is 32.8 Å². The fourth-order valence-corrected chi connectivity index (χ4v) is 3.49. The second-order valence-electron chi connectivity index (χ2n) is 5.62. The van der Waals surface area contributed by atoms with Crippen molar-refractivity contribution in [1.82, 2.24) is 0 Å². The van der Waals surface area contributed by atoms with Crippen LogP contribution in [-0.4, -0.2) is 19.6 Å². The smallest absolute Gasteiger partial charge is 0.271 e. The van der Waals surface area contributed by atoms with Crippen molar-refractivity contribution in [2.75, 3.05) is 11.6 Å². The van der Waals surface area contributed by atoms with E-state index in [2.05, 4.69) is 5.32 Å². The van der Waals surface area contributed by atoms with Gasteiger partial charge in [-0.05, 0) is 23.6 Å². The zero-order valence-corrected chi connectivity index (χ0v) is 14.8. The molecule has 0 bridgehead atoms. The lowest BCUT2D eigenvalue weighted by atomic mass is 10.1. The van der Waals surface area contributed by atoms with Crippen molar-refractivity contribution in [3.63, 3.8) is 0 Å². The van der Waals surface area contributed by atoms with E-state index in [0.717, 1.165) is 5.56 Å². The number of nitrogens with zero attached hydrogens (tertiary/aromatic N) is 1. The van der Waals surface area contributed by atoms with Crippen LogP contribution in [-0.2, 0) is 22.1 Å². The minimum absolute atomic E-state index is 0.0157. The van der Waals surface area contributed by atoms with E-state index in [9.17, 15) is 18.5 Å². The number of sulfone groups is 1. The van der Waals surface area contributed by atoms with Gasteiger partial charge in [-0.1, -0.05) is 35.9 Å². The first kappa shape index (κ1) is 18.2. The highest BCUT2D eigenvalue weighted by Crippen LogP contribution is 2.31. The molecule has 0 atom stereocenters. The summed E-state index contributed by atoms with van der Waals surface area (Å²) in [5.74, 6) is -0.0157. The van der Waals surface area contributed by atoms with Crippen molar-refractivity contribution in [2.45, 2.75) is 19.2 Å². The summed E-state index contributed by atoms with van der Waals surface area (Å²) in [5.41, 5.74) is 2.84. The van der Waals surface area contributed by atoms with Crippen LogP contribution < -0.4 is 5.32 Å². The predicted octanol–water partition coefficient (Wildman–Crippen LogP) is 3.71. The van der Waals surface area contributed by atoms with E-state index < -0.39 is 14.8 Å². The summed E-state index contributed by atoms with van der Waals surface area (Å²) in [4.78, 5) is 10.3. The summed E-state index contributed by atoms with van der Waals surface area (Å²) in [6, 6.07) is 9.98. The molecule has 2 aromatic carbocycles. The molecule has 0 aliphatic heterocycles. The number of aryl methyl sites for hydroxylation is 1. The van der Waals surface area contributed by atoms with Crippen LogP contribution in [0.15, 0.2) is 36.4 Å². The molecule has 8 heteroatoms. The Morgan fingerprint density at radius 2 is 1.88 bits per heavy atom. The SMILES string of the molecule is Cc1cc([N+](=O)[O-])cc(Cl)c1NCc1cccc(CS(C)(=O)=O)c1. The molecule has 0 unspecified atom stereocenters. The lowest BCUT2D eigenvalue weighted by molar-refractivity contribution is -0.384. The van der Waals surface area contributed by atoms with Crippen LogP contribution in [0, 0.1) is 17.0 Å². The van der Waals surface area contributed by atoms with E-state index in [1.807, 2.05) is 12.1 Å². The second-order valence-corrected chi connectivity index (χ2v) is 8.17. The third-order valence-electron chi connectivity index (χ3n) is 3.37.